The molecule has 1 N–H and O–H groups in total. The third-order valence-electron chi connectivity index (χ3n) is 3.12. The van der Waals surface area contributed by atoms with E-state index in [2.05, 4.69) is 0 Å². The lowest BCUT2D eigenvalue weighted by Crippen LogP contribution is -2.27. The van der Waals surface area contributed by atoms with Crippen LogP contribution >= 0.6 is 0 Å². The molecule has 2 aromatic carbocycles. The van der Waals surface area contributed by atoms with Gasteiger partial charge in [0.2, 0.25) is 0 Å². The lowest BCUT2D eigenvalue weighted by molar-refractivity contribution is -0.0948. The summed E-state index contributed by atoms with van der Waals surface area (Å²) in [6.45, 7) is 0.0956. The molecule has 3 nitrogen and oxygen atoms in total. The van der Waals surface area contributed by atoms with E-state index >= 15 is 0 Å². The predicted molar refractivity (Wildman–Crippen MR) is 69.1 cm³/mol. The van der Waals surface area contributed by atoms with Gasteiger partial charge >= 0.3 is 7.12 Å². The van der Waals surface area contributed by atoms with Crippen molar-refractivity contribution in [2.24, 2.45) is 0 Å². The van der Waals surface area contributed by atoms with Gasteiger partial charge in [-0.05, 0) is 11.5 Å². The van der Waals surface area contributed by atoms with Crippen LogP contribution in [0.4, 0.5) is 4.39 Å². The van der Waals surface area contributed by atoms with Gasteiger partial charge in [-0.3, -0.25) is 0 Å². The summed E-state index contributed by atoms with van der Waals surface area (Å²) in [4.78, 5) is 0. The van der Waals surface area contributed by atoms with Gasteiger partial charge in [0, 0.05) is 11.1 Å². The van der Waals surface area contributed by atoms with Crippen LogP contribution in [0.15, 0.2) is 48.5 Å². The Morgan fingerprint density at radius 1 is 1.16 bits per heavy atom. The molecule has 0 aromatic heterocycles. The lowest BCUT2D eigenvalue weighted by Gasteiger charge is -2.13. The van der Waals surface area contributed by atoms with Crippen LogP contribution in [0.25, 0.3) is 0 Å². The lowest BCUT2D eigenvalue weighted by atomic mass is 9.80. The fourth-order valence-corrected chi connectivity index (χ4v) is 2.12. The number of benzene rings is 2. The van der Waals surface area contributed by atoms with E-state index in [1.807, 2.05) is 18.2 Å². The second-order valence-corrected chi connectivity index (χ2v) is 4.35. The Labute approximate surface area is 110 Å². The van der Waals surface area contributed by atoms with Crippen LogP contribution < -0.4 is 5.46 Å². The van der Waals surface area contributed by atoms with Gasteiger partial charge in [0.15, 0.2) is 6.29 Å². The number of ether oxygens (including phenoxy) is 1. The van der Waals surface area contributed by atoms with E-state index in [1.54, 1.807) is 24.3 Å². The van der Waals surface area contributed by atoms with Gasteiger partial charge in [0.25, 0.3) is 0 Å². The van der Waals surface area contributed by atoms with Crippen molar-refractivity contribution in [2.75, 3.05) is 0 Å². The molecule has 1 heterocycles. The number of halogens is 1. The molecule has 0 radical (unpaired) electrons. The van der Waals surface area contributed by atoms with Crippen LogP contribution in [0.2, 0.25) is 0 Å². The number of hydrogen-bond donors (Lipinski definition) is 1. The van der Waals surface area contributed by atoms with Gasteiger partial charge in [-0.2, -0.15) is 0 Å². The molecule has 0 aliphatic carbocycles. The maximum Gasteiger partial charge on any atom is 0.493 e. The largest absolute Gasteiger partial charge is 0.493 e. The van der Waals surface area contributed by atoms with Crippen LogP contribution in [-0.2, 0) is 16.0 Å². The minimum Gasteiger partial charge on any atom is -0.423 e. The summed E-state index contributed by atoms with van der Waals surface area (Å²) in [7, 11) is -0.984. The van der Waals surface area contributed by atoms with Crippen molar-refractivity contribution in [2.45, 2.75) is 12.9 Å². The maximum atomic E-state index is 13.5. The molecule has 0 fully saturated rings. The van der Waals surface area contributed by atoms with E-state index in [0.717, 1.165) is 5.56 Å². The van der Waals surface area contributed by atoms with E-state index in [0.29, 0.717) is 11.0 Å². The summed E-state index contributed by atoms with van der Waals surface area (Å²) in [6.07, 6.45) is -0.661. The highest BCUT2D eigenvalue weighted by atomic mass is 19.1. The second kappa shape index (κ2) is 5.13. The first kappa shape index (κ1) is 12.4. The van der Waals surface area contributed by atoms with Gasteiger partial charge in [0.05, 0.1) is 6.61 Å². The van der Waals surface area contributed by atoms with Crippen molar-refractivity contribution in [1.29, 1.82) is 0 Å². The monoisotopic (exact) mass is 258 g/mol. The van der Waals surface area contributed by atoms with Gasteiger partial charge in [0.1, 0.15) is 5.82 Å². The predicted octanol–water partition coefficient (Wildman–Crippen LogP) is 1.76. The van der Waals surface area contributed by atoms with Crippen molar-refractivity contribution < 1.29 is 18.8 Å². The first-order valence-corrected chi connectivity index (χ1v) is 6.03. The van der Waals surface area contributed by atoms with E-state index < -0.39 is 13.4 Å². The highest BCUT2D eigenvalue weighted by Crippen LogP contribution is 2.25. The Bertz CT molecular complexity index is 590. The zero-order valence-corrected chi connectivity index (χ0v) is 10.1. The fourth-order valence-electron chi connectivity index (χ4n) is 2.12. The molecular formula is C14H12BFO3. The quantitative estimate of drug-likeness (QED) is 0.852. The third-order valence-corrected chi connectivity index (χ3v) is 3.12. The van der Waals surface area contributed by atoms with E-state index in [4.69, 9.17) is 9.39 Å². The zero-order valence-electron chi connectivity index (χ0n) is 10.1. The van der Waals surface area contributed by atoms with Gasteiger partial charge in [-0.1, -0.05) is 42.5 Å². The molecule has 0 saturated heterocycles. The average molecular weight is 258 g/mol. The Hall–Kier alpha value is -1.69. The minimum atomic E-state index is -0.984. The molecule has 1 atom stereocenters. The third kappa shape index (κ3) is 2.40. The smallest absolute Gasteiger partial charge is 0.423 e. The summed E-state index contributed by atoms with van der Waals surface area (Å²) in [6, 6.07) is 13.7. The Kier molecular flexibility index (Phi) is 3.33. The highest BCUT2D eigenvalue weighted by molar-refractivity contribution is 6.61. The standard InChI is InChI=1S/C14H12BFO3/c16-13-8-4-1-5-10(13)9-18-14-11-6-2-3-7-12(11)15(17)19-14/h1-8,14,17H,9H2. The summed E-state index contributed by atoms with van der Waals surface area (Å²) in [5, 5.41) is 9.73. The van der Waals surface area contributed by atoms with Gasteiger partial charge in [-0.25, -0.2) is 4.39 Å². The minimum absolute atomic E-state index is 0.0956. The fraction of sp³-hybridized carbons (Fsp3) is 0.143. The van der Waals surface area contributed by atoms with Crippen molar-refractivity contribution in [3.05, 3.63) is 65.5 Å². The van der Waals surface area contributed by atoms with Crippen LogP contribution in [0, 0.1) is 5.82 Å². The molecule has 0 amide bonds. The van der Waals surface area contributed by atoms with Crippen molar-refractivity contribution in [3.8, 4) is 0 Å². The Morgan fingerprint density at radius 2 is 1.89 bits per heavy atom. The molecule has 3 rings (SSSR count). The second-order valence-electron chi connectivity index (χ2n) is 4.35. The topological polar surface area (TPSA) is 38.7 Å². The molecule has 96 valence electrons. The number of fused-ring (bicyclic) bond motifs is 1. The summed E-state index contributed by atoms with van der Waals surface area (Å²) >= 11 is 0. The van der Waals surface area contributed by atoms with Crippen LogP contribution in [-0.4, -0.2) is 12.1 Å². The SMILES string of the molecule is OB1OC(OCc2ccccc2F)c2ccccc21. The van der Waals surface area contributed by atoms with Crippen LogP contribution in [0.3, 0.4) is 0 Å². The molecule has 0 bridgehead atoms. The number of hydrogen-bond acceptors (Lipinski definition) is 3. The Morgan fingerprint density at radius 3 is 2.74 bits per heavy atom. The zero-order chi connectivity index (χ0) is 13.2. The van der Waals surface area contributed by atoms with Crippen LogP contribution in [0.1, 0.15) is 17.4 Å². The van der Waals surface area contributed by atoms with Crippen LogP contribution in [0.5, 0.6) is 0 Å². The normalized spacial score (nSPS) is 17.6. The number of rotatable bonds is 3. The van der Waals surface area contributed by atoms with Gasteiger partial charge in [-0.15, -0.1) is 0 Å². The van der Waals surface area contributed by atoms with Gasteiger partial charge < -0.3 is 14.4 Å². The first-order valence-electron chi connectivity index (χ1n) is 6.03. The molecule has 1 unspecified atom stereocenters. The Balaban J connectivity index is 1.74. The highest BCUT2D eigenvalue weighted by Gasteiger charge is 2.35. The summed E-state index contributed by atoms with van der Waals surface area (Å²) in [5.41, 5.74) is 1.94. The van der Waals surface area contributed by atoms with E-state index in [1.165, 1.54) is 6.07 Å². The van der Waals surface area contributed by atoms with E-state index in [9.17, 15) is 9.41 Å². The maximum absolute atomic E-state index is 13.5. The van der Waals surface area contributed by atoms with Crippen molar-refractivity contribution in [3.63, 3.8) is 0 Å². The summed E-state index contributed by atoms with van der Waals surface area (Å²) in [5.74, 6) is -0.311. The molecule has 19 heavy (non-hydrogen) atoms. The molecule has 5 heteroatoms. The van der Waals surface area contributed by atoms with Crippen molar-refractivity contribution >= 4 is 12.6 Å². The molecule has 2 aromatic rings. The molecule has 1 aliphatic heterocycles. The first-order chi connectivity index (χ1) is 9.25. The average Bonchev–Trinajstić information content (AvgIpc) is 2.75. The molecule has 0 saturated carbocycles. The van der Waals surface area contributed by atoms with E-state index in [-0.39, 0.29) is 12.4 Å². The molecule has 0 spiro atoms. The molecule has 1 aliphatic rings. The molecular weight excluding hydrogens is 246 g/mol. The van der Waals surface area contributed by atoms with Crippen molar-refractivity contribution in [1.82, 2.24) is 0 Å². The summed E-state index contributed by atoms with van der Waals surface area (Å²) < 4.78 is 24.3.